The Labute approximate surface area is 244 Å². The van der Waals surface area contributed by atoms with Crippen LogP contribution >= 0.6 is 0 Å². The Kier molecular flexibility index (Phi) is 10.2. The number of nitrogens with one attached hydrogen (secondary N) is 1. The van der Waals surface area contributed by atoms with Gasteiger partial charge in [0.1, 0.15) is 12.6 Å². The summed E-state index contributed by atoms with van der Waals surface area (Å²) in [6.45, 7) is 5.79. The van der Waals surface area contributed by atoms with Gasteiger partial charge in [-0.15, -0.1) is 0 Å². The first-order valence-corrected chi connectivity index (χ1v) is 16.0. The average Bonchev–Trinajstić information content (AvgIpc) is 3.49. The third-order valence-electron chi connectivity index (χ3n) is 7.74. The summed E-state index contributed by atoms with van der Waals surface area (Å²) in [5.74, 6) is -0.355. The van der Waals surface area contributed by atoms with Crippen LogP contribution in [0.2, 0.25) is 0 Å². The smallest absolute Gasteiger partial charge is 0.264 e. The number of hydrogen-bond acceptors (Lipinski definition) is 4. The average molecular weight is 576 g/mol. The Morgan fingerprint density at radius 2 is 1.46 bits per heavy atom. The molecule has 1 aliphatic carbocycles. The topological polar surface area (TPSA) is 86.8 Å². The van der Waals surface area contributed by atoms with E-state index in [1.807, 2.05) is 49.4 Å². The molecular weight excluding hydrogens is 534 g/mol. The fourth-order valence-electron chi connectivity index (χ4n) is 5.34. The van der Waals surface area contributed by atoms with Gasteiger partial charge in [-0.25, -0.2) is 8.42 Å². The van der Waals surface area contributed by atoms with Crippen molar-refractivity contribution in [2.24, 2.45) is 0 Å². The quantitative estimate of drug-likeness (QED) is 0.293. The van der Waals surface area contributed by atoms with Crippen molar-refractivity contribution in [1.82, 2.24) is 10.2 Å². The number of anilines is 1. The van der Waals surface area contributed by atoms with Crippen molar-refractivity contribution in [3.63, 3.8) is 0 Å². The van der Waals surface area contributed by atoms with Crippen LogP contribution in [0.3, 0.4) is 0 Å². The van der Waals surface area contributed by atoms with Crippen molar-refractivity contribution in [2.75, 3.05) is 10.8 Å². The van der Waals surface area contributed by atoms with Crippen molar-refractivity contribution in [3.05, 3.63) is 96.1 Å². The zero-order valence-corrected chi connectivity index (χ0v) is 25.0. The summed E-state index contributed by atoms with van der Waals surface area (Å²) >= 11 is 0. The minimum absolute atomic E-state index is 0.0985. The van der Waals surface area contributed by atoms with E-state index in [1.54, 1.807) is 30.3 Å². The molecule has 2 amide bonds. The third-order valence-corrected chi connectivity index (χ3v) is 9.53. The molecule has 0 saturated heterocycles. The van der Waals surface area contributed by atoms with Crippen LogP contribution in [0.5, 0.6) is 0 Å². The number of carbonyl (C=O) groups is 2. The fourth-order valence-corrected chi connectivity index (χ4v) is 6.78. The van der Waals surface area contributed by atoms with E-state index in [0.717, 1.165) is 41.1 Å². The number of benzene rings is 3. The number of sulfonamides is 1. The van der Waals surface area contributed by atoms with Crippen LogP contribution in [0.25, 0.3) is 0 Å². The lowest BCUT2D eigenvalue weighted by atomic mass is 10.0. The van der Waals surface area contributed by atoms with E-state index in [-0.39, 0.29) is 29.3 Å². The molecule has 0 spiro atoms. The molecule has 0 heterocycles. The van der Waals surface area contributed by atoms with Crippen LogP contribution in [0.4, 0.5) is 5.69 Å². The van der Waals surface area contributed by atoms with E-state index < -0.39 is 28.5 Å². The summed E-state index contributed by atoms with van der Waals surface area (Å²) in [7, 11) is -4.07. The standard InChI is InChI=1S/C33H41N3O4S/c1-4-31(33(38)34-28-15-11-12-16-28)35(23-26-13-7-5-8-14-26)32(37)24-36(29-21-19-27(20-22-29)25(2)3)41(39,40)30-17-9-6-10-18-30/h5-10,13-14,17-22,25,28,31H,4,11-12,15-16,23-24H2,1-3H3,(H,34,38)/t31-/m1/s1. The van der Waals surface area contributed by atoms with Gasteiger partial charge in [-0.05, 0) is 60.6 Å². The molecule has 1 N–H and O–H groups in total. The van der Waals surface area contributed by atoms with Crippen LogP contribution in [-0.2, 0) is 26.2 Å². The maximum absolute atomic E-state index is 14.2. The molecule has 0 unspecified atom stereocenters. The van der Waals surface area contributed by atoms with Crippen LogP contribution in [-0.4, -0.2) is 43.8 Å². The van der Waals surface area contributed by atoms with Gasteiger partial charge in [-0.3, -0.25) is 13.9 Å². The first-order valence-electron chi connectivity index (χ1n) is 14.5. The molecule has 1 aliphatic rings. The van der Waals surface area contributed by atoms with Gasteiger partial charge in [0, 0.05) is 12.6 Å². The molecule has 3 aromatic carbocycles. The summed E-state index contributed by atoms with van der Waals surface area (Å²) < 4.78 is 29.1. The van der Waals surface area contributed by atoms with Crippen molar-refractivity contribution in [1.29, 1.82) is 0 Å². The summed E-state index contributed by atoms with van der Waals surface area (Å²) in [5.41, 5.74) is 2.33. The van der Waals surface area contributed by atoms with Crippen LogP contribution in [0, 0.1) is 0 Å². The van der Waals surface area contributed by atoms with Gasteiger partial charge >= 0.3 is 0 Å². The van der Waals surface area contributed by atoms with Gasteiger partial charge in [0.2, 0.25) is 11.8 Å². The van der Waals surface area contributed by atoms with Crippen molar-refractivity contribution >= 4 is 27.5 Å². The predicted octanol–water partition coefficient (Wildman–Crippen LogP) is 5.87. The Balaban J connectivity index is 1.70. The minimum Gasteiger partial charge on any atom is -0.352 e. The fraction of sp³-hybridized carbons (Fsp3) is 0.394. The van der Waals surface area contributed by atoms with Gasteiger partial charge < -0.3 is 10.2 Å². The molecule has 0 aliphatic heterocycles. The van der Waals surface area contributed by atoms with E-state index in [1.165, 1.54) is 17.0 Å². The maximum atomic E-state index is 14.2. The molecule has 3 aromatic rings. The number of rotatable bonds is 12. The second-order valence-electron chi connectivity index (χ2n) is 11.0. The lowest BCUT2D eigenvalue weighted by molar-refractivity contribution is -0.140. The van der Waals surface area contributed by atoms with Crippen LogP contribution < -0.4 is 9.62 Å². The number of carbonyl (C=O) groups excluding carboxylic acids is 2. The lowest BCUT2D eigenvalue weighted by Crippen LogP contribution is -2.53. The molecule has 7 nitrogen and oxygen atoms in total. The minimum atomic E-state index is -4.07. The number of amides is 2. The van der Waals surface area contributed by atoms with Crippen molar-refractivity contribution < 1.29 is 18.0 Å². The molecule has 218 valence electrons. The van der Waals surface area contributed by atoms with E-state index in [0.29, 0.717) is 12.1 Å². The molecule has 1 atom stereocenters. The molecule has 0 bridgehead atoms. The summed E-state index contributed by atoms with van der Waals surface area (Å²) in [6.07, 6.45) is 4.44. The highest BCUT2D eigenvalue weighted by Crippen LogP contribution is 2.27. The summed E-state index contributed by atoms with van der Waals surface area (Å²) in [5, 5.41) is 3.14. The van der Waals surface area contributed by atoms with Gasteiger partial charge in [-0.1, -0.05) is 94.3 Å². The largest absolute Gasteiger partial charge is 0.352 e. The van der Waals surface area contributed by atoms with E-state index in [2.05, 4.69) is 19.2 Å². The third kappa shape index (κ3) is 7.55. The molecule has 1 saturated carbocycles. The molecule has 0 radical (unpaired) electrons. The van der Waals surface area contributed by atoms with Gasteiger partial charge in [0.25, 0.3) is 10.0 Å². The number of nitrogens with zero attached hydrogens (tertiary/aromatic N) is 2. The highest BCUT2D eigenvalue weighted by Gasteiger charge is 2.34. The Morgan fingerprint density at radius 3 is 2.02 bits per heavy atom. The van der Waals surface area contributed by atoms with Crippen molar-refractivity contribution in [3.8, 4) is 0 Å². The maximum Gasteiger partial charge on any atom is 0.264 e. The molecule has 41 heavy (non-hydrogen) atoms. The van der Waals surface area contributed by atoms with E-state index >= 15 is 0 Å². The normalized spacial score (nSPS) is 14.5. The Hall–Kier alpha value is -3.65. The first kappa shape index (κ1) is 30.3. The lowest BCUT2D eigenvalue weighted by Gasteiger charge is -2.33. The Morgan fingerprint density at radius 1 is 0.878 bits per heavy atom. The van der Waals surface area contributed by atoms with Crippen LogP contribution in [0.15, 0.2) is 89.8 Å². The molecular formula is C33H41N3O4S. The van der Waals surface area contributed by atoms with Crippen LogP contribution in [0.1, 0.15) is 69.9 Å². The van der Waals surface area contributed by atoms with Gasteiger partial charge in [-0.2, -0.15) is 0 Å². The highest BCUT2D eigenvalue weighted by molar-refractivity contribution is 7.92. The zero-order valence-electron chi connectivity index (χ0n) is 24.2. The van der Waals surface area contributed by atoms with Gasteiger partial charge in [0.05, 0.1) is 10.6 Å². The summed E-state index contributed by atoms with van der Waals surface area (Å²) in [6, 6.07) is 24.3. The highest BCUT2D eigenvalue weighted by atomic mass is 32.2. The predicted molar refractivity (Wildman–Crippen MR) is 163 cm³/mol. The SMILES string of the molecule is CC[C@H](C(=O)NC1CCCC1)N(Cc1ccccc1)C(=O)CN(c1ccc(C(C)C)cc1)S(=O)(=O)c1ccccc1. The van der Waals surface area contributed by atoms with Crippen molar-refractivity contribution in [2.45, 2.75) is 82.3 Å². The van der Waals surface area contributed by atoms with E-state index in [4.69, 9.17) is 0 Å². The molecule has 8 heteroatoms. The monoisotopic (exact) mass is 575 g/mol. The van der Waals surface area contributed by atoms with Gasteiger partial charge in [0.15, 0.2) is 0 Å². The first-order chi connectivity index (χ1) is 19.7. The Bertz CT molecular complexity index is 1390. The second kappa shape index (κ2) is 13.8. The molecule has 0 aromatic heterocycles. The van der Waals surface area contributed by atoms with E-state index in [9.17, 15) is 18.0 Å². The summed E-state index contributed by atoms with van der Waals surface area (Å²) in [4.78, 5) is 29.3. The molecule has 1 fully saturated rings. The zero-order chi connectivity index (χ0) is 29.4. The second-order valence-corrected chi connectivity index (χ2v) is 12.9. The molecule has 4 rings (SSSR count). The number of hydrogen-bond donors (Lipinski definition) is 1.